The first kappa shape index (κ1) is 13.9. The van der Waals surface area contributed by atoms with Gasteiger partial charge in [-0.05, 0) is 42.7 Å². The van der Waals surface area contributed by atoms with Crippen molar-refractivity contribution >= 4 is 16.7 Å². The minimum Gasteiger partial charge on any atom is -0.507 e. The van der Waals surface area contributed by atoms with Gasteiger partial charge < -0.3 is 15.2 Å². The van der Waals surface area contributed by atoms with Gasteiger partial charge in [0, 0.05) is 18.8 Å². The van der Waals surface area contributed by atoms with Crippen molar-refractivity contribution in [3.05, 3.63) is 42.0 Å². The number of rotatable bonds is 2. The fourth-order valence-electron chi connectivity index (χ4n) is 2.70. The summed E-state index contributed by atoms with van der Waals surface area (Å²) in [5.41, 5.74) is 0.0503. The third-order valence-electron chi connectivity index (χ3n) is 4.12. The molecule has 0 aromatic heterocycles. The lowest BCUT2D eigenvalue weighted by Crippen LogP contribution is -2.49. The van der Waals surface area contributed by atoms with E-state index in [1.807, 2.05) is 31.2 Å². The molecule has 0 bridgehead atoms. The molecule has 0 unspecified atom stereocenters. The van der Waals surface area contributed by atoms with Gasteiger partial charge in [0.2, 0.25) is 0 Å². The first-order chi connectivity index (χ1) is 10.1. The summed E-state index contributed by atoms with van der Waals surface area (Å²) < 4.78 is 5.33. The van der Waals surface area contributed by atoms with Crippen molar-refractivity contribution in [1.82, 2.24) is 5.32 Å². The maximum absolute atomic E-state index is 12.5. The number of amides is 1. The van der Waals surface area contributed by atoms with E-state index in [0.717, 1.165) is 23.6 Å². The van der Waals surface area contributed by atoms with Crippen molar-refractivity contribution in [2.75, 3.05) is 13.2 Å². The van der Waals surface area contributed by atoms with Crippen LogP contribution in [0.4, 0.5) is 0 Å². The first-order valence-electron chi connectivity index (χ1n) is 7.19. The smallest absolute Gasteiger partial charge is 0.255 e. The van der Waals surface area contributed by atoms with Crippen LogP contribution in [0, 0.1) is 0 Å². The average Bonchev–Trinajstić information content (AvgIpc) is 2.46. The van der Waals surface area contributed by atoms with Crippen LogP contribution in [-0.2, 0) is 4.74 Å². The van der Waals surface area contributed by atoms with Gasteiger partial charge in [-0.15, -0.1) is 0 Å². The van der Waals surface area contributed by atoms with Gasteiger partial charge in [0.1, 0.15) is 5.75 Å². The largest absolute Gasteiger partial charge is 0.507 e. The van der Waals surface area contributed by atoms with Crippen molar-refractivity contribution in [1.29, 1.82) is 0 Å². The molecule has 21 heavy (non-hydrogen) atoms. The molecule has 1 saturated heterocycles. The molecule has 2 N–H and O–H groups in total. The molecular weight excluding hydrogens is 266 g/mol. The fraction of sp³-hybridized carbons (Fsp3) is 0.353. The van der Waals surface area contributed by atoms with Gasteiger partial charge in [0.15, 0.2) is 0 Å². The number of hydrogen-bond acceptors (Lipinski definition) is 3. The number of ether oxygens (including phenoxy) is 1. The Morgan fingerprint density at radius 3 is 2.48 bits per heavy atom. The van der Waals surface area contributed by atoms with Crippen LogP contribution in [0.25, 0.3) is 10.8 Å². The second-order valence-electron chi connectivity index (χ2n) is 5.84. The number of fused-ring (bicyclic) bond motifs is 1. The van der Waals surface area contributed by atoms with E-state index in [1.165, 1.54) is 0 Å². The minimum absolute atomic E-state index is 0.0156. The van der Waals surface area contributed by atoms with Crippen molar-refractivity contribution < 1.29 is 14.6 Å². The SMILES string of the molecule is CC1(NC(=O)c2cc3ccccc3cc2O)CCOCC1. The van der Waals surface area contributed by atoms with E-state index in [0.29, 0.717) is 18.8 Å². The van der Waals surface area contributed by atoms with Gasteiger partial charge >= 0.3 is 0 Å². The van der Waals surface area contributed by atoms with Crippen LogP contribution in [0.15, 0.2) is 36.4 Å². The molecule has 4 heteroatoms. The zero-order chi connectivity index (χ0) is 14.9. The molecule has 0 atom stereocenters. The lowest BCUT2D eigenvalue weighted by molar-refractivity contribution is 0.0422. The van der Waals surface area contributed by atoms with Crippen molar-refractivity contribution in [2.24, 2.45) is 0 Å². The molecule has 1 fully saturated rings. The first-order valence-corrected chi connectivity index (χ1v) is 7.19. The van der Waals surface area contributed by atoms with E-state index in [-0.39, 0.29) is 17.2 Å². The van der Waals surface area contributed by atoms with Crippen molar-refractivity contribution in [2.45, 2.75) is 25.3 Å². The van der Waals surface area contributed by atoms with Crippen LogP contribution in [0.3, 0.4) is 0 Å². The highest BCUT2D eigenvalue weighted by Gasteiger charge is 2.30. The Kier molecular flexibility index (Phi) is 3.55. The van der Waals surface area contributed by atoms with Crippen LogP contribution in [-0.4, -0.2) is 29.8 Å². The van der Waals surface area contributed by atoms with Crippen LogP contribution in [0.5, 0.6) is 5.75 Å². The summed E-state index contributed by atoms with van der Waals surface area (Å²) >= 11 is 0. The lowest BCUT2D eigenvalue weighted by atomic mass is 9.92. The van der Waals surface area contributed by atoms with Crippen LogP contribution in [0.2, 0.25) is 0 Å². The van der Waals surface area contributed by atoms with E-state index < -0.39 is 0 Å². The number of carbonyl (C=O) groups is 1. The van der Waals surface area contributed by atoms with Gasteiger partial charge in [-0.3, -0.25) is 4.79 Å². The number of benzene rings is 2. The maximum atomic E-state index is 12.5. The topological polar surface area (TPSA) is 58.6 Å². The summed E-state index contributed by atoms with van der Waals surface area (Å²) in [5.74, 6) is -0.218. The summed E-state index contributed by atoms with van der Waals surface area (Å²) in [6.07, 6.45) is 1.57. The monoisotopic (exact) mass is 285 g/mol. The molecule has 0 spiro atoms. The standard InChI is InChI=1S/C17H19NO3/c1-17(6-8-21-9-7-17)18-16(20)14-10-12-4-2-3-5-13(12)11-15(14)19/h2-5,10-11,19H,6-9H2,1H3,(H,18,20). The molecule has 0 saturated carbocycles. The van der Waals surface area contributed by atoms with Gasteiger partial charge in [0.05, 0.1) is 5.56 Å². The molecule has 3 rings (SSSR count). The third kappa shape index (κ3) is 2.85. The van der Waals surface area contributed by atoms with Crippen LogP contribution in [0.1, 0.15) is 30.1 Å². The van der Waals surface area contributed by atoms with E-state index in [1.54, 1.807) is 12.1 Å². The number of carbonyl (C=O) groups excluding carboxylic acids is 1. The number of nitrogens with one attached hydrogen (secondary N) is 1. The third-order valence-corrected chi connectivity index (χ3v) is 4.12. The maximum Gasteiger partial charge on any atom is 0.255 e. The van der Waals surface area contributed by atoms with E-state index >= 15 is 0 Å². The second-order valence-corrected chi connectivity index (χ2v) is 5.84. The summed E-state index contributed by atoms with van der Waals surface area (Å²) in [7, 11) is 0. The highest BCUT2D eigenvalue weighted by atomic mass is 16.5. The zero-order valence-corrected chi connectivity index (χ0v) is 12.1. The van der Waals surface area contributed by atoms with Gasteiger partial charge in [-0.2, -0.15) is 0 Å². The molecule has 1 heterocycles. The second kappa shape index (κ2) is 5.37. The summed E-state index contributed by atoms with van der Waals surface area (Å²) in [6, 6.07) is 11.0. The number of phenols is 1. The summed E-state index contributed by atoms with van der Waals surface area (Å²) in [6.45, 7) is 3.33. The van der Waals surface area contributed by atoms with Crippen molar-refractivity contribution in [3.8, 4) is 5.75 Å². The molecular formula is C17H19NO3. The molecule has 1 amide bonds. The molecule has 2 aromatic carbocycles. The minimum atomic E-state index is -0.270. The highest BCUT2D eigenvalue weighted by Crippen LogP contribution is 2.27. The Hall–Kier alpha value is -2.07. The average molecular weight is 285 g/mol. The van der Waals surface area contributed by atoms with E-state index in [9.17, 15) is 9.90 Å². The van der Waals surface area contributed by atoms with Crippen LogP contribution < -0.4 is 5.32 Å². The normalized spacial score (nSPS) is 17.6. The quantitative estimate of drug-likeness (QED) is 0.892. The Labute approximate surface area is 123 Å². The Morgan fingerprint density at radius 1 is 1.19 bits per heavy atom. The molecule has 110 valence electrons. The molecule has 4 nitrogen and oxygen atoms in total. The lowest BCUT2D eigenvalue weighted by Gasteiger charge is -2.34. The van der Waals surface area contributed by atoms with E-state index in [2.05, 4.69) is 5.32 Å². The van der Waals surface area contributed by atoms with Gasteiger partial charge in [-0.25, -0.2) is 0 Å². The van der Waals surface area contributed by atoms with Gasteiger partial charge in [0.25, 0.3) is 5.91 Å². The number of aromatic hydroxyl groups is 1. The van der Waals surface area contributed by atoms with Gasteiger partial charge in [-0.1, -0.05) is 24.3 Å². The van der Waals surface area contributed by atoms with Crippen LogP contribution >= 0.6 is 0 Å². The molecule has 2 aromatic rings. The molecule has 0 aliphatic carbocycles. The Bertz CT molecular complexity index is 675. The molecule has 1 aliphatic rings. The highest BCUT2D eigenvalue weighted by molar-refractivity contribution is 6.01. The summed E-state index contributed by atoms with van der Waals surface area (Å²) in [4.78, 5) is 12.5. The number of hydrogen-bond donors (Lipinski definition) is 2. The Morgan fingerprint density at radius 2 is 1.81 bits per heavy atom. The molecule has 1 aliphatic heterocycles. The number of phenolic OH excluding ortho intramolecular Hbond substituents is 1. The summed E-state index contributed by atoms with van der Waals surface area (Å²) in [5, 5.41) is 15.0. The predicted octanol–water partition coefficient (Wildman–Crippen LogP) is 2.84. The van der Waals surface area contributed by atoms with Crippen molar-refractivity contribution in [3.63, 3.8) is 0 Å². The fourth-order valence-corrected chi connectivity index (χ4v) is 2.70. The zero-order valence-electron chi connectivity index (χ0n) is 12.1. The predicted molar refractivity (Wildman–Crippen MR) is 81.5 cm³/mol. The Balaban J connectivity index is 1.88. The van der Waals surface area contributed by atoms with E-state index in [4.69, 9.17) is 4.74 Å². The molecule has 0 radical (unpaired) electrons.